The molecule has 0 aliphatic carbocycles. The van der Waals surface area contributed by atoms with Crippen molar-refractivity contribution in [2.75, 3.05) is 26.2 Å². The van der Waals surface area contributed by atoms with Crippen molar-refractivity contribution in [2.24, 2.45) is 5.92 Å². The van der Waals surface area contributed by atoms with Crippen molar-refractivity contribution < 1.29 is 0 Å². The third-order valence-electron chi connectivity index (χ3n) is 4.31. The summed E-state index contributed by atoms with van der Waals surface area (Å²) in [6.07, 6.45) is 3.85. The molecular weight excluding hydrogens is 268 g/mol. The molecule has 0 bridgehead atoms. The maximum Gasteiger partial charge on any atom is 0.0453 e. The second kappa shape index (κ2) is 8.02. The summed E-state index contributed by atoms with van der Waals surface area (Å²) in [5.74, 6) is 0.778. The van der Waals surface area contributed by atoms with Gasteiger partial charge in [-0.05, 0) is 63.4 Å². The van der Waals surface area contributed by atoms with E-state index in [0.29, 0.717) is 6.04 Å². The van der Waals surface area contributed by atoms with Gasteiger partial charge in [-0.3, -0.25) is 4.90 Å². The van der Waals surface area contributed by atoms with Crippen molar-refractivity contribution in [3.63, 3.8) is 0 Å². The Morgan fingerprint density at radius 3 is 2.85 bits per heavy atom. The summed E-state index contributed by atoms with van der Waals surface area (Å²) in [6.45, 7) is 9.20. The first-order valence-electron chi connectivity index (χ1n) is 7.91. The van der Waals surface area contributed by atoms with Crippen molar-refractivity contribution in [3.8, 4) is 0 Å². The number of nitrogens with zero attached hydrogens (tertiary/aromatic N) is 1. The predicted molar refractivity (Wildman–Crippen MR) is 87.3 cm³/mol. The predicted octanol–water partition coefficient (Wildman–Crippen LogP) is 4.11. The van der Waals surface area contributed by atoms with Gasteiger partial charge in [0.25, 0.3) is 0 Å². The molecule has 112 valence electrons. The number of halogens is 1. The van der Waals surface area contributed by atoms with Gasteiger partial charge in [0.05, 0.1) is 0 Å². The summed E-state index contributed by atoms with van der Waals surface area (Å²) in [6, 6.07) is 8.65. The molecule has 0 spiro atoms. The highest BCUT2D eigenvalue weighted by molar-refractivity contribution is 6.31. The van der Waals surface area contributed by atoms with E-state index in [1.807, 2.05) is 12.1 Å². The molecule has 1 aliphatic heterocycles. The Bertz CT molecular complexity index is 402. The van der Waals surface area contributed by atoms with Gasteiger partial charge in [-0.15, -0.1) is 0 Å². The fraction of sp³-hybridized carbons (Fsp3) is 0.647. The summed E-state index contributed by atoms with van der Waals surface area (Å²) < 4.78 is 0. The minimum absolute atomic E-state index is 0.394. The van der Waals surface area contributed by atoms with E-state index in [-0.39, 0.29) is 0 Å². The Morgan fingerprint density at radius 1 is 1.40 bits per heavy atom. The molecule has 2 rings (SSSR count). The van der Waals surface area contributed by atoms with E-state index < -0.39 is 0 Å². The molecule has 2 atom stereocenters. The Morgan fingerprint density at radius 2 is 2.20 bits per heavy atom. The minimum atomic E-state index is 0.394. The number of benzene rings is 1. The van der Waals surface area contributed by atoms with Crippen LogP contribution in [0.2, 0.25) is 5.02 Å². The lowest BCUT2D eigenvalue weighted by Gasteiger charge is -2.34. The number of hydrogen-bond donors (Lipinski definition) is 1. The average Bonchev–Trinajstić information content (AvgIpc) is 2.48. The summed E-state index contributed by atoms with van der Waals surface area (Å²) in [7, 11) is 0. The lowest BCUT2D eigenvalue weighted by molar-refractivity contribution is 0.163. The molecule has 0 saturated carbocycles. The number of hydrogen-bond acceptors (Lipinski definition) is 2. The van der Waals surface area contributed by atoms with Gasteiger partial charge in [0.2, 0.25) is 0 Å². The van der Waals surface area contributed by atoms with Gasteiger partial charge in [0, 0.05) is 17.6 Å². The largest absolute Gasteiger partial charge is 0.316 e. The Hall–Kier alpha value is -0.570. The topological polar surface area (TPSA) is 15.3 Å². The molecule has 2 nitrogen and oxygen atoms in total. The number of rotatable bonds is 6. The molecule has 1 N–H and O–H groups in total. The first kappa shape index (κ1) is 15.8. The smallest absolute Gasteiger partial charge is 0.0453 e. The molecule has 1 fully saturated rings. The lowest BCUT2D eigenvalue weighted by atomic mass is 9.97. The van der Waals surface area contributed by atoms with Crippen molar-refractivity contribution in [1.29, 1.82) is 0 Å². The molecule has 0 amide bonds. The second-order valence-corrected chi connectivity index (χ2v) is 6.31. The molecule has 2 unspecified atom stereocenters. The Labute approximate surface area is 128 Å². The van der Waals surface area contributed by atoms with Crippen LogP contribution >= 0.6 is 11.6 Å². The molecule has 1 saturated heterocycles. The summed E-state index contributed by atoms with van der Waals surface area (Å²) in [5, 5.41) is 4.41. The number of nitrogens with one attached hydrogen (secondary N) is 1. The van der Waals surface area contributed by atoms with E-state index in [1.54, 1.807) is 0 Å². The standard InChI is InChI=1S/C17H27ClN2/c1-3-11-20(13-15-7-6-10-19-12-15)14(2)16-8-4-5-9-17(16)18/h4-5,8-9,14-15,19H,3,6-7,10-13H2,1-2H3. The van der Waals surface area contributed by atoms with Crippen molar-refractivity contribution in [2.45, 2.75) is 39.2 Å². The van der Waals surface area contributed by atoms with Gasteiger partial charge in [-0.1, -0.05) is 36.7 Å². The summed E-state index contributed by atoms with van der Waals surface area (Å²) >= 11 is 6.37. The normalized spacial score (nSPS) is 21.1. The molecular formula is C17H27ClN2. The van der Waals surface area contributed by atoms with Gasteiger partial charge >= 0.3 is 0 Å². The van der Waals surface area contributed by atoms with Crippen LogP contribution in [0.5, 0.6) is 0 Å². The first-order chi connectivity index (χ1) is 9.72. The fourth-order valence-electron chi connectivity index (χ4n) is 3.15. The van der Waals surface area contributed by atoms with Gasteiger partial charge in [0.15, 0.2) is 0 Å². The Balaban J connectivity index is 2.04. The highest BCUT2D eigenvalue weighted by Gasteiger charge is 2.22. The molecule has 1 aliphatic rings. The van der Waals surface area contributed by atoms with Crippen LogP contribution in [-0.2, 0) is 0 Å². The van der Waals surface area contributed by atoms with Crippen LogP contribution in [0.1, 0.15) is 44.7 Å². The average molecular weight is 295 g/mol. The van der Waals surface area contributed by atoms with Gasteiger partial charge in [-0.25, -0.2) is 0 Å². The van der Waals surface area contributed by atoms with Gasteiger partial charge in [0.1, 0.15) is 0 Å². The zero-order valence-electron chi connectivity index (χ0n) is 12.7. The zero-order valence-corrected chi connectivity index (χ0v) is 13.5. The van der Waals surface area contributed by atoms with Crippen LogP contribution in [0, 0.1) is 5.92 Å². The summed E-state index contributed by atoms with van der Waals surface area (Å²) in [5.41, 5.74) is 1.26. The van der Waals surface area contributed by atoms with E-state index in [1.165, 1.54) is 37.9 Å². The molecule has 3 heteroatoms. The second-order valence-electron chi connectivity index (χ2n) is 5.90. The third-order valence-corrected chi connectivity index (χ3v) is 4.65. The van der Waals surface area contributed by atoms with Crippen molar-refractivity contribution >= 4 is 11.6 Å². The zero-order chi connectivity index (χ0) is 14.4. The van der Waals surface area contributed by atoms with E-state index in [9.17, 15) is 0 Å². The van der Waals surface area contributed by atoms with Crippen LogP contribution in [0.4, 0.5) is 0 Å². The molecule has 1 heterocycles. The first-order valence-corrected chi connectivity index (χ1v) is 8.29. The van der Waals surface area contributed by atoms with Crippen LogP contribution in [0.25, 0.3) is 0 Å². The lowest BCUT2D eigenvalue weighted by Crippen LogP contribution is -2.39. The van der Waals surface area contributed by atoms with Crippen LogP contribution in [0.15, 0.2) is 24.3 Å². The van der Waals surface area contributed by atoms with E-state index in [0.717, 1.165) is 24.0 Å². The number of piperidine rings is 1. The van der Waals surface area contributed by atoms with E-state index >= 15 is 0 Å². The SMILES string of the molecule is CCCN(CC1CCCNC1)C(C)c1ccccc1Cl. The maximum absolute atomic E-state index is 6.37. The van der Waals surface area contributed by atoms with Crippen molar-refractivity contribution in [3.05, 3.63) is 34.9 Å². The minimum Gasteiger partial charge on any atom is -0.316 e. The van der Waals surface area contributed by atoms with Gasteiger partial charge in [-0.2, -0.15) is 0 Å². The fourth-order valence-corrected chi connectivity index (χ4v) is 3.45. The molecule has 20 heavy (non-hydrogen) atoms. The molecule has 0 radical (unpaired) electrons. The third kappa shape index (κ3) is 4.21. The van der Waals surface area contributed by atoms with Crippen molar-refractivity contribution in [1.82, 2.24) is 10.2 Å². The molecule has 0 aromatic heterocycles. The summed E-state index contributed by atoms with van der Waals surface area (Å²) in [4.78, 5) is 2.60. The van der Waals surface area contributed by atoms with Crippen LogP contribution in [-0.4, -0.2) is 31.1 Å². The van der Waals surface area contributed by atoms with Crippen LogP contribution < -0.4 is 5.32 Å². The molecule has 1 aromatic rings. The quantitative estimate of drug-likeness (QED) is 0.849. The monoisotopic (exact) mass is 294 g/mol. The van der Waals surface area contributed by atoms with Gasteiger partial charge < -0.3 is 5.32 Å². The highest BCUT2D eigenvalue weighted by Crippen LogP contribution is 2.28. The van der Waals surface area contributed by atoms with E-state index in [2.05, 4.69) is 36.2 Å². The van der Waals surface area contributed by atoms with Crippen LogP contribution in [0.3, 0.4) is 0 Å². The highest BCUT2D eigenvalue weighted by atomic mass is 35.5. The maximum atomic E-state index is 6.37. The van der Waals surface area contributed by atoms with E-state index in [4.69, 9.17) is 11.6 Å². The Kier molecular flexibility index (Phi) is 6.34. The molecule has 1 aromatic carbocycles.